The summed E-state index contributed by atoms with van der Waals surface area (Å²) in [5.41, 5.74) is 7.40. The number of nitrogens with two attached hydrogens (primary N) is 1. The zero-order valence-corrected chi connectivity index (χ0v) is 11.3. The van der Waals surface area contributed by atoms with E-state index in [2.05, 4.69) is 4.98 Å². The monoisotopic (exact) mass is 272 g/mol. The highest BCUT2D eigenvalue weighted by Gasteiger charge is 2.08. The first kappa shape index (κ1) is 14.1. The fourth-order valence-electron chi connectivity index (χ4n) is 1.99. The predicted molar refractivity (Wildman–Crippen MR) is 76.8 cm³/mol. The first-order chi connectivity index (χ1) is 9.56. The quantitative estimate of drug-likeness (QED) is 0.647. The van der Waals surface area contributed by atoms with Crippen molar-refractivity contribution in [2.75, 3.05) is 7.05 Å². The molecule has 104 valence electrons. The molecule has 0 spiro atoms. The van der Waals surface area contributed by atoms with E-state index in [-0.39, 0.29) is 11.7 Å². The number of nitrogens with zero attached hydrogens (tertiary/aromatic N) is 2. The maximum absolute atomic E-state index is 13.9. The Morgan fingerprint density at radius 3 is 2.75 bits per heavy atom. The minimum absolute atomic E-state index is 0.126. The molecule has 1 heterocycles. The molecule has 3 N–H and O–H groups in total. The summed E-state index contributed by atoms with van der Waals surface area (Å²) in [6, 6.07) is 8.50. The largest absolute Gasteiger partial charge is 0.384 e. The van der Waals surface area contributed by atoms with Crippen LogP contribution in [0.15, 0.2) is 42.7 Å². The van der Waals surface area contributed by atoms with E-state index < -0.39 is 0 Å². The second-order valence-corrected chi connectivity index (χ2v) is 4.75. The average Bonchev–Trinajstić information content (AvgIpc) is 2.42. The van der Waals surface area contributed by atoms with Gasteiger partial charge in [-0.25, -0.2) is 4.39 Å². The first-order valence-corrected chi connectivity index (χ1v) is 6.26. The zero-order chi connectivity index (χ0) is 14.5. The summed E-state index contributed by atoms with van der Waals surface area (Å²) < 4.78 is 13.9. The van der Waals surface area contributed by atoms with Gasteiger partial charge in [0, 0.05) is 36.6 Å². The SMILES string of the molecule is CN(Cc1cccnc1)Cc1ccc(C(=N)N)cc1F. The maximum Gasteiger partial charge on any atom is 0.128 e. The van der Waals surface area contributed by atoms with Gasteiger partial charge in [-0.05, 0) is 24.7 Å². The van der Waals surface area contributed by atoms with E-state index in [1.165, 1.54) is 6.07 Å². The second kappa shape index (κ2) is 6.25. The summed E-state index contributed by atoms with van der Waals surface area (Å²) in [4.78, 5) is 6.06. The van der Waals surface area contributed by atoms with Gasteiger partial charge in [-0.15, -0.1) is 0 Å². The van der Waals surface area contributed by atoms with Crippen molar-refractivity contribution in [3.8, 4) is 0 Å². The normalized spacial score (nSPS) is 10.8. The lowest BCUT2D eigenvalue weighted by atomic mass is 10.1. The van der Waals surface area contributed by atoms with Crippen LogP contribution in [-0.2, 0) is 13.1 Å². The van der Waals surface area contributed by atoms with Gasteiger partial charge in [-0.3, -0.25) is 15.3 Å². The molecule has 2 aromatic rings. The Kier molecular flexibility index (Phi) is 4.42. The molecule has 1 aromatic heterocycles. The molecule has 0 aliphatic carbocycles. The highest BCUT2D eigenvalue weighted by atomic mass is 19.1. The molecule has 0 aliphatic rings. The van der Waals surface area contributed by atoms with E-state index in [0.29, 0.717) is 24.2 Å². The highest BCUT2D eigenvalue weighted by Crippen LogP contribution is 2.13. The van der Waals surface area contributed by atoms with Crippen LogP contribution in [0.1, 0.15) is 16.7 Å². The average molecular weight is 272 g/mol. The Hall–Kier alpha value is -2.27. The Bertz CT molecular complexity index is 598. The Balaban J connectivity index is 2.04. The summed E-state index contributed by atoms with van der Waals surface area (Å²) in [6.45, 7) is 1.18. The minimum atomic E-state index is -0.337. The fraction of sp³-hybridized carbons (Fsp3) is 0.200. The van der Waals surface area contributed by atoms with Crippen molar-refractivity contribution in [3.63, 3.8) is 0 Å². The standard InChI is InChI=1S/C15H17FN4/c1-20(9-11-3-2-6-19-8-11)10-13-5-4-12(15(17)18)7-14(13)16/h2-8H,9-10H2,1H3,(H3,17,18). The van der Waals surface area contributed by atoms with Crippen LogP contribution >= 0.6 is 0 Å². The molecular formula is C15H17FN4. The van der Waals surface area contributed by atoms with Crippen molar-refractivity contribution >= 4 is 5.84 Å². The van der Waals surface area contributed by atoms with Gasteiger partial charge in [-0.1, -0.05) is 18.2 Å². The van der Waals surface area contributed by atoms with Crippen molar-refractivity contribution in [2.45, 2.75) is 13.1 Å². The number of rotatable bonds is 5. The number of nitrogens with one attached hydrogen (secondary N) is 1. The smallest absolute Gasteiger partial charge is 0.128 e. The number of benzene rings is 1. The summed E-state index contributed by atoms with van der Waals surface area (Å²) in [7, 11) is 1.92. The van der Waals surface area contributed by atoms with E-state index in [1.54, 1.807) is 24.5 Å². The molecule has 0 unspecified atom stereocenters. The predicted octanol–water partition coefficient (Wildman–Crippen LogP) is 2.14. The third-order valence-electron chi connectivity index (χ3n) is 2.98. The molecule has 0 saturated carbocycles. The lowest BCUT2D eigenvalue weighted by Gasteiger charge is -2.17. The van der Waals surface area contributed by atoms with Crippen LogP contribution in [0.3, 0.4) is 0 Å². The molecule has 0 radical (unpaired) electrons. The van der Waals surface area contributed by atoms with E-state index in [9.17, 15) is 4.39 Å². The zero-order valence-electron chi connectivity index (χ0n) is 11.3. The lowest BCUT2D eigenvalue weighted by molar-refractivity contribution is 0.313. The maximum atomic E-state index is 13.9. The van der Waals surface area contributed by atoms with Gasteiger partial charge in [-0.2, -0.15) is 0 Å². The Morgan fingerprint density at radius 1 is 1.35 bits per heavy atom. The number of pyridine rings is 1. The molecule has 0 saturated heterocycles. The third kappa shape index (κ3) is 3.61. The van der Waals surface area contributed by atoms with Crippen LogP contribution in [0.25, 0.3) is 0 Å². The molecule has 0 amide bonds. The molecule has 5 heteroatoms. The van der Waals surface area contributed by atoms with Gasteiger partial charge in [0.05, 0.1) is 0 Å². The number of hydrogen-bond acceptors (Lipinski definition) is 3. The lowest BCUT2D eigenvalue weighted by Crippen LogP contribution is -2.18. The number of amidine groups is 1. The number of halogens is 1. The van der Waals surface area contributed by atoms with Gasteiger partial charge < -0.3 is 5.73 Å². The summed E-state index contributed by atoms with van der Waals surface area (Å²) >= 11 is 0. The fourth-order valence-corrected chi connectivity index (χ4v) is 1.99. The van der Waals surface area contributed by atoms with E-state index in [1.807, 2.05) is 24.1 Å². The van der Waals surface area contributed by atoms with Crippen molar-refractivity contribution in [3.05, 3.63) is 65.2 Å². The van der Waals surface area contributed by atoms with Crippen LogP contribution in [0.4, 0.5) is 4.39 Å². The Labute approximate surface area is 117 Å². The van der Waals surface area contributed by atoms with Crippen molar-refractivity contribution < 1.29 is 4.39 Å². The molecule has 1 aromatic carbocycles. The topological polar surface area (TPSA) is 66.0 Å². The van der Waals surface area contributed by atoms with Crippen LogP contribution in [0, 0.1) is 11.2 Å². The number of hydrogen-bond donors (Lipinski definition) is 2. The van der Waals surface area contributed by atoms with E-state index >= 15 is 0 Å². The van der Waals surface area contributed by atoms with Crippen LogP contribution in [0.5, 0.6) is 0 Å². The third-order valence-corrected chi connectivity index (χ3v) is 2.98. The molecule has 0 atom stereocenters. The van der Waals surface area contributed by atoms with Gasteiger partial charge in [0.25, 0.3) is 0 Å². The molecule has 0 aliphatic heterocycles. The first-order valence-electron chi connectivity index (χ1n) is 6.26. The van der Waals surface area contributed by atoms with Crippen molar-refractivity contribution in [1.82, 2.24) is 9.88 Å². The van der Waals surface area contributed by atoms with Crippen LogP contribution < -0.4 is 5.73 Å². The number of aromatic nitrogens is 1. The van der Waals surface area contributed by atoms with Crippen LogP contribution in [-0.4, -0.2) is 22.8 Å². The molecule has 2 rings (SSSR count). The molecule has 4 nitrogen and oxygen atoms in total. The second-order valence-electron chi connectivity index (χ2n) is 4.75. The minimum Gasteiger partial charge on any atom is -0.384 e. The molecule has 20 heavy (non-hydrogen) atoms. The van der Waals surface area contributed by atoms with Crippen LogP contribution in [0.2, 0.25) is 0 Å². The summed E-state index contributed by atoms with van der Waals surface area (Å²) in [6.07, 6.45) is 3.52. The number of nitrogen functional groups attached to an aromatic ring is 1. The summed E-state index contributed by atoms with van der Waals surface area (Å²) in [5, 5.41) is 7.29. The van der Waals surface area contributed by atoms with Crippen molar-refractivity contribution in [1.29, 1.82) is 5.41 Å². The van der Waals surface area contributed by atoms with Crippen molar-refractivity contribution in [2.24, 2.45) is 5.73 Å². The summed E-state index contributed by atoms with van der Waals surface area (Å²) in [5.74, 6) is -0.463. The van der Waals surface area contributed by atoms with E-state index in [4.69, 9.17) is 11.1 Å². The molecular weight excluding hydrogens is 255 g/mol. The molecule has 0 fully saturated rings. The van der Waals surface area contributed by atoms with Gasteiger partial charge >= 0.3 is 0 Å². The Morgan fingerprint density at radius 2 is 2.15 bits per heavy atom. The van der Waals surface area contributed by atoms with Gasteiger partial charge in [0.1, 0.15) is 11.7 Å². The van der Waals surface area contributed by atoms with Gasteiger partial charge in [0.2, 0.25) is 0 Å². The highest BCUT2D eigenvalue weighted by molar-refractivity contribution is 5.94. The van der Waals surface area contributed by atoms with E-state index in [0.717, 1.165) is 5.56 Å². The van der Waals surface area contributed by atoms with Gasteiger partial charge in [0.15, 0.2) is 0 Å². The molecule has 0 bridgehead atoms.